The first-order valence-electron chi connectivity index (χ1n) is 12.9. The van der Waals surface area contributed by atoms with E-state index in [4.69, 9.17) is 4.99 Å². The largest absolute Gasteiger partial charge is 0.357 e. The minimum Gasteiger partial charge on any atom is -0.357 e. The van der Waals surface area contributed by atoms with Crippen LogP contribution in [0.3, 0.4) is 0 Å². The molecule has 2 amide bonds. The third-order valence-corrected chi connectivity index (χ3v) is 7.17. The number of guanidine groups is 1. The van der Waals surface area contributed by atoms with E-state index in [0.29, 0.717) is 25.4 Å². The van der Waals surface area contributed by atoms with Crippen molar-refractivity contribution in [3.8, 4) is 0 Å². The molecule has 3 rings (SSSR count). The van der Waals surface area contributed by atoms with Gasteiger partial charge in [0.05, 0.1) is 12.6 Å². The molecule has 2 N–H and O–H groups in total. The van der Waals surface area contributed by atoms with Gasteiger partial charge in [-0.2, -0.15) is 0 Å². The van der Waals surface area contributed by atoms with E-state index in [9.17, 15) is 9.59 Å². The quantitative estimate of drug-likeness (QED) is 0.335. The number of carbonyl (C=O) groups excluding carboxylic acids is 2. The summed E-state index contributed by atoms with van der Waals surface area (Å²) in [6.45, 7) is 11.4. The Balaban J connectivity index is 1.39. The minimum atomic E-state index is -0.0471. The van der Waals surface area contributed by atoms with Crippen molar-refractivity contribution < 1.29 is 9.59 Å². The highest BCUT2D eigenvalue weighted by Gasteiger charge is 2.30. The molecule has 8 heteroatoms. The highest BCUT2D eigenvalue weighted by atomic mass is 16.2. The molecule has 2 aliphatic heterocycles. The lowest BCUT2D eigenvalue weighted by atomic mass is 9.87. The van der Waals surface area contributed by atoms with Gasteiger partial charge in [-0.1, -0.05) is 19.3 Å². The van der Waals surface area contributed by atoms with Crippen LogP contribution in [0.1, 0.15) is 65.2 Å². The molecule has 1 saturated carbocycles. The van der Waals surface area contributed by atoms with Crippen LogP contribution in [0.5, 0.6) is 0 Å². The second-order valence-electron chi connectivity index (χ2n) is 9.53. The Kier molecular flexibility index (Phi) is 10.1. The van der Waals surface area contributed by atoms with Crippen LogP contribution in [0.2, 0.25) is 0 Å². The maximum absolute atomic E-state index is 12.7. The van der Waals surface area contributed by atoms with Gasteiger partial charge < -0.3 is 20.4 Å². The average molecular weight is 449 g/mol. The van der Waals surface area contributed by atoms with Crippen LogP contribution in [0.4, 0.5) is 0 Å². The van der Waals surface area contributed by atoms with E-state index in [1.54, 1.807) is 0 Å². The van der Waals surface area contributed by atoms with Gasteiger partial charge in [-0.15, -0.1) is 0 Å². The first kappa shape index (κ1) is 24.8. The molecule has 8 nitrogen and oxygen atoms in total. The van der Waals surface area contributed by atoms with Gasteiger partial charge in [-0.05, 0) is 45.4 Å². The lowest BCUT2D eigenvalue weighted by molar-refractivity contribution is -0.135. The van der Waals surface area contributed by atoms with Crippen molar-refractivity contribution >= 4 is 17.8 Å². The molecule has 0 aromatic heterocycles. The number of hydrogen-bond donors (Lipinski definition) is 2. The SMILES string of the molecule is CCNC(=NCCNC(=O)CC1CCCCC1)N1CCN(C(C)C(=O)N2CCCC2)CC1. The molecule has 1 atom stereocenters. The van der Waals surface area contributed by atoms with Crippen molar-refractivity contribution in [3.63, 3.8) is 0 Å². The lowest BCUT2D eigenvalue weighted by Crippen LogP contribution is -2.57. The van der Waals surface area contributed by atoms with Gasteiger partial charge in [-0.3, -0.25) is 19.5 Å². The van der Waals surface area contributed by atoms with Gasteiger partial charge in [0.2, 0.25) is 11.8 Å². The summed E-state index contributed by atoms with van der Waals surface area (Å²) in [6.07, 6.45) is 9.20. The lowest BCUT2D eigenvalue weighted by Gasteiger charge is -2.39. The Hall–Kier alpha value is -1.83. The van der Waals surface area contributed by atoms with Crippen LogP contribution in [-0.2, 0) is 9.59 Å². The smallest absolute Gasteiger partial charge is 0.239 e. The van der Waals surface area contributed by atoms with Gasteiger partial charge in [0.1, 0.15) is 0 Å². The fraction of sp³-hybridized carbons (Fsp3) is 0.875. The van der Waals surface area contributed by atoms with Crippen molar-refractivity contribution in [1.82, 2.24) is 25.3 Å². The van der Waals surface area contributed by atoms with Gasteiger partial charge in [0, 0.05) is 58.8 Å². The molecule has 3 fully saturated rings. The summed E-state index contributed by atoms with van der Waals surface area (Å²) in [4.78, 5) is 36.3. The van der Waals surface area contributed by atoms with E-state index < -0.39 is 0 Å². The summed E-state index contributed by atoms with van der Waals surface area (Å²) in [5, 5.41) is 6.44. The maximum Gasteiger partial charge on any atom is 0.239 e. The molecular formula is C24H44N6O2. The molecule has 182 valence electrons. The first-order valence-corrected chi connectivity index (χ1v) is 12.9. The van der Waals surface area contributed by atoms with Crippen molar-refractivity contribution in [1.29, 1.82) is 0 Å². The Labute approximate surface area is 194 Å². The van der Waals surface area contributed by atoms with Gasteiger partial charge in [-0.25, -0.2) is 0 Å². The summed E-state index contributed by atoms with van der Waals surface area (Å²) in [5.41, 5.74) is 0. The second-order valence-corrected chi connectivity index (χ2v) is 9.53. The van der Waals surface area contributed by atoms with Crippen molar-refractivity contribution in [2.45, 2.75) is 71.3 Å². The Morgan fingerprint density at radius 3 is 2.25 bits per heavy atom. The van der Waals surface area contributed by atoms with Crippen molar-refractivity contribution in [3.05, 3.63) is 0 Å². The molecule has 1 aliphatic carbocycles. The zero-order valence-corrected chi connectivity index (χ0v) is 20.3. The number of likely N-dealkylation sites (tertiary alicyclic amines) is 1. The molecule has 0 aromatic rings. The first-order chi connectivity index (χ1) is 15.6. The Bertz CT molecular complexity index is 620. The van der Waals surface area contributed by atoms with Crippen LogP contribution in [-0.4, -0.2) is 97.4 Å². The molecule has 0 bridgehead atoms. The van der Waals surface area contributed by atoms with Gasteiger partial charge >= 0.3 is 0 Å². The summed E-state index contributed by atoms with van der Waals surface area (Å²) in [5.74, 6) is 1.93. The van der Waals surface area contributed by atoms with Crippen LogP contribution < -0.4 is 10.6 Å². The molecule has 32 heavy (non-hydrogen) atoms. The number of hydrogen-bond acceptors (Lipinski definition) is 4. The summed E-state index contributed by atoms with van der Waals surface area (Å²) < 4.78 is 0. The zero-order chi connectivity index (χ0) is 22.8. The number of amides is 2. The van der Waals surface area contributed by atoms with Crippen LogP contribution in [0, 0.1) is 5.92 Å². The number of piperazine rings is 1. The number of aliphatic imine (C=N–C) groups is 1. The number of carbonyl (C=O) groups is 2. The van der Waals surface area contributed by atoms with E-state index in [-0.39, 0.29) is 17.9 Å². The third-order valence-electron chi connectivity index (χ3n) is 7.17. The second kappa shape index (κ2) is 13.0. The monoisotopic (exact) mass is 448 g/mol. The summed E-state index contributed by atoms with van der Waals surface area (Å²) in [6, 6.07) is -0.0471. The number of rotatable bonds is 8. The van der Waals surface area contributed by atoms with E-state index in [0.717, 1.165) is 64.6 Å². The van der Waals surface area contributed by atoms with Crippen LogP contribution in [0.25, 0.3) is 0 Å². The predicted molar refractivity (Wildman–Crippen MR) is 129 cm³/mol. The minimum absolute atomic E-state index is 0.0471. The molecular weight excluding hydrogens is 404 g/mol. The Morgan fingerprint density at radius 2 is 1.59 bits per heavy atom. The molecule has 2 heterocycles. The van der Waals surface area contributed by atoms with Crippen molar-refractivity contribution in [2.75, 3.05) is 58.9 Å². The molecule has 1 unspecified atom stereocenters. The fourth-order valence-corrected chi connectivity index (χ4v) is 5.19. The van der Waals surface area contributed by atoms with E-state index in [2.05, 4.69) is 27.4 Å². The van der Waals surface area contributed by atoms with Crippen LogP contribution >= 0.6 is 0 Å². The molecule has 2 saturated heterocycles. The van der Waals surface area contributed by atoms with Crippen LogP contribution in [0.15, 0.2) is 4.99 Å². The van der Waals surface area contributed by atoms with E-state index in [1.807, 2.05) is 11.8 Å². The van der Waals surface area contributed by atoms with E-state index >= 15 is 0 Å². The highest BCUT2D eigenvalue weighted by molar-refractivity contribution is 5.82. The molecule has 3 aliphatic rings. The predicted octanol–water partition coefficient (Wildman–Crippen LogP) is 1.67. The average Bonchev–Trinajstić information content (AvgIpc) is 3.36. The summed E-state index contributed by atoms with van der Waals surface area (Å²) >= 11 is 0. The molecule has 0 radical (unpaired) electrons. The van der Waals surface area contributed by atoms with Crippen molar-refractivity contribution in [2.24, 2.45) is 10.9 Å². The van der Waals surface area contributed by atoms with Gasteiger partial charge in [0.25, 0.3) is 0 Å². The number of nitrogens with one attached hydrogen (secondary N) is 2. The molecule has 0 aromatic carbocycles. The highest BCUT2D eigenvalue weighted by Crippen LogP contribution is 2.26. The maximum atomic E-state index is 12.7. The fourth-order valence-electron chi connectivity index (χ4n) is 5.19. The molecule has 0 spiro atoms. The van der Waals surface area contributed by atoms with E-state index in [1.165, 1.54) is 32.1 Å². The van der Waals surface area contributed by atoms with Gasteiger partial charge in [0.15, 0.2) is 5.96 Å². The zero-order valence-electron chi connectivity index (χ0n) is 20.3. The topological polar surface area (TPSA) is 80.3 Å². The summed E-state index contributed by atoms with van der Waals surface area (Å²) in [7, 11) is 0. The normalized spacial score (nSPS) is 22.1. The number of nitrogens with zero attached hydrogens (tertiary/aromatic N) is 4. The third kappa shape index (κ3) is 7.36. The Morgan fingerprint density at radius 1 is 0.906 bits per heavy atom. The standard InChI is InChI=1S/C24H44N6O2/c1-3-25-24(27-12-11-26-22(31)19-21-9-5-4-6-10-21)30-17-15-28(16-18-30)20(2)23(32)29-13-7-8-14-29/h20-21H,3-19H2,1-2H3,(H,25,27)(H,26,31).